The van der Waals surface area contributed by atoms with Gasteiger partial charge < -0.3 is 43.0 Å². The zero-order valence-corrected chi connectivity index (χ0v) is 37.9. The average molecular weight is 824 g/mol. The highest BCUT2D eigenvalue weighted by Crippen LogP contribution is 2.38. The van der Waals surface area contributed by atoms with Gasteiger partial charge in [0.05, 0.1) is 57.2 Å². The molecule has 0 radical (unpaired) electrons. The average Bonchev–Trinajstić information content (AvgIpc) is 3.48. The zero-order chi connectivity index (χ0) is 43.0. The van der Waals surface area contributed by atoms with E-state index in [0.717, 1.165) is 77.0 Å². The number of aliphatic hydroxyl groups is 1. The first kappa shape index (κ1) is 52.1. The van der Waals surface area contributed by atoms with E-state index in [9.17, 15) is 9.90 Å². The minimum atomic E-state index is -0.725. The number of methoxy groups -OCH3 is 2. The third kappa shape index (κ3) is 20.5. The Kier molecular flexibility index (Phi) is 24.9. The fraction of sp³-hybridized carbons (Fsp3) is 0.889. The maximum Gasteiger partial charge on any atom is 0.309 e. The van der Waals surface area contributed by atoms with E-state index in [1.165, 1.54) is 5.57 Å². The van der Waals surface area contributed by atoms with Gasteiger partial charge in [-0.3, -0.25) is 4.79 Å². The molecule has 0 aromatic rings. The molecule has 336 valence electrons. The van der Waals surface area contributed by atoms with E-state index < -0.39 is 17.7 Å². The number of esters is 1. The normalized spacial score (nSPS) is 22.9. The molecule has 0 aromatic heterocycles. The van der Waals surface area contributed by atoms with E-state index in [1.807, 2.05) is 27.7 Å². The molecule has 2 fully saturated rings. The Bertz CT molecular complexity index is 1240. The van der Waals surface area contributed by atoms with Gasteiger partial charge >= 0.3 is 5.97 Å². The summed E-state index contributed by atoms with van der Waals surface area (Å²) in [4.78, 5) is 15.5. The van der Waals surface area contributed by atoms with E-state index in [0.29, 0.717) is 44.5 Å². The first-order valence-electron chi connectivity index (χ1n) is 22.1. The van der Waals surface area contributed by atoms with E-state index >= 15 is 0 Å². The van der Waals surface area contributed by atoms with Gasteiger partial charge in [0.2, 0.25) is 0 Å². The van der Waals surface area contributed by atoms with Crippen LogP contribution in [0.3, 0.4) is 0 Å². The summed E-state index contributed by atoms with van der Waals surface area (Å²) >= 11 is 0. The topological polar surface area (TPSA) is 160 Å². The lowest BCUT2D eigenvalue weighted by atomic mass is 9.89. The molecule has 2 saturated heterocycles. The third-order valence-corrected chi connectivity index (χ3v) is 11.2. The molecule has 0 saturated carbocycles. The van der Waals surface area contributed by atoms with E-state index in [-0.39, 0.29) is 55.6 Å². The Hall–Kier alpha value is -2.06. The van der Waals surface area contributed by atoms with Crippen molar-refractivity contribution in [1.82, 2.24) is 0 Å². The summed E-state index contributed by atoms with van der Waals surface area (Å²) in [6, 6.07) is 0. The van der Waals surface area contributed by atoms with Crippen molar-refractivity contribution < 1.29 is 47.8 Å². The Morgan fingerprint density at radius 2 is 1.67 bits per heavy atom. The fourth-order valence-corrected chi connectivity index (χ4v) is 7.88. The lowest BCUT2D eigenvalue weighted by Crippen LogP contribution is -2.47. The summed E-state index contributed by atoms with van der Waals surface area (Å²) in [7, 11) is 3.28. The predicted octanol–water partition coefficient (Wildman–Crippen LogP) is 10.00. The molecule has 13 nitrogen and oxygen atoms in total. The van der Waals surface area contributed by atoms with Crippen LogP contribution in [-0.2, 0) is 42.7 Å². The van der Waals surface area contributed by atoms with Crippen LogP contribution in [-0.4, -0.2) is 101 Å². The first-order valence-corrected chi connectivity index (χ1v) is 22.1. The maximum absolute atomic E-state index is 12.6. The number of ether oxygens (including phenoxy) is 8. The number of hydrogen-bond donors (Lipinski definition) is 1. The van der Waals surface area contributed by atoms with Gasteiger partial charge in [-0.25, -0.2) is 0 Å². The summed E-state index contributed by atoms with van der Waals surface area (Å²) in [5.41, 5.74) is 10.0. The highest BCUT2D eigenvalue weighted by molar-refractivity contribution is 5.72. The van der Waals surface area contributed by atoms with E-state index in [1.54, 1.807) is 14.2 Å². The van der Waals surface area contributed by atoms with Crippen molar-refractivity contribution in [3.63, 3.8) is 0 Å². The van der Waals surface area contributed by atoms with Crippen LogP contribution in [0.5, 0.6) is 0 Å². The molecule has 2 rings (SSSR count). The Morgan fingerprint density at radius 1 is 0.966 bits per heavy atom. The van der Waals surface area contributed by atoms with Crippen molar-refractivity contribution in [2.75, 3.05) is 54.0 Å². The van der Waals surface area contributed by atoms with E-state index in [4.69, 9.17) is 43.4 Å². The lowest BCUT2D eigenvalue weighted by Gasteiger charge is -2.44. The highest BCUT2D eigenvalue weighted by atomic mass is 16.8. The van der Waals surface area contributed by atoms with Crippen molar-refractivity contribution >= 4 is 5.97 Å². The van der Waals surface area contributed by atoms with Crippen LogP contribution in [0.1, 0.15) is 145 Å². The molecule has 13 heteroatoms. The smallest absolute Gasteiger partial charge is 0.309 e. The number of rotatable bonds is 31. The summed E-state index contributed by atoms with van der Waals surface area (Å²) in [5, 5.41) is 13.2. The summed E-state index contributed by atoms with van der Waals surface area (Å²) in [5.74, 6) is -0.854. The molecular weight excluding hydrogens is 743 g/mol. The molecule has 1 N–H and O–H groups in total. The minimum Gasteiger partial charge on any atom is -0.460 e. The molecule has 7 atom stereocenters. The van der Waals surface area contributed by atoms with Gasteiger partial charge in [0.25, 0.3) is 0 Å². The molecule has 0 aliphatic carbocycles. The molecule has 0 spiro atoms. The summed E-state index contributed by atoms with van der Waals surface area (Å²) in [6.07, 6.45) is 17.9. The van der Waals surface area contributed by atoms with Crippen LogP contribution in [0.25, 0.3) is 10.4 Å². The first-order chi connectivity index (χ1) is 27.6. The number of allylic oxidation sites excluding steroid dienone is 3. The second kappa shape index (κ2) is 27.7. The number of carbonyl (C=O) groups is 1. The molecule has 0 amide bonds. The van der Waals surface area contributed by atoms with Gasteiger partial charge in [-0.15, -0.1) is 0 Å². The molecule has 0 unspecified atom stereocenters. The number of aliphatic hydroxyl groups excluding tert-OH is 1. The van der Waals surface area contributed by atoms with Crippen LogP contribution in [0.15, 0.2) is 28.9 Å². The van der Waals surface area contributed by atoms with Crippen molar-refractivity contribution in [3.05, 3.63) is 34.2 Å². The van der Waals surface area contributed by atoms with Crippen molar-refractivity contribution in [3.8, 4) is 0 Å². The Labute approximate surface area is 350 Å². The Morgan fingerprint density at radius 3 is 2.31 bits per heavy atom. The van der Waals surface area contributed by atoms with E-state index in [2.05, 4.69) is 55.9 Å². The van der Waals surface area contributed by atoms with Crippen molar-refractivity contribution in [2.24, 2.45) is 28.3 Å². The third-order valence-electron chi connectivity index (χ3n) is 11.2. The van der Waals surface area contributed by atoms with Gasteiger partial charge in [-0.05, 0) is 88.2 Å². The standard InChI is InChI=1S/C45H81N3O10/c1-11-17-38(29-49)56-42(50)35(4)26-34(3)18-13-14-24-45(54-31-43(5,6)32-55-45)25-16-21-36(12-2)19-15-20-37(30-51-9)22-23-40-41(58-44(7,8)57-40)27-39(28-47-48-46)53-33-52-10/h15,19-20,34-36,38-41,49H,11-14,16-18,21-33H2,1-10H3/b19-15+,37-20-/t34-,35+,36+,38+,39+,40-,41+/m1/s1. The second-order valence-corrected chi connectivity index (χ2v) is 18.0. The van der Waals surface area contributed by atoms with Crippen LogP contribution in [0.2, 0.25) is 0 Å². The number of nitrogens with zero attached hydrogens (tertiary/aromatic N) is 3. The molecule has 0 bridgehead atoms. The SMILES string of the molecule is CCC[C@@H](CO)OC(=O)[C@@H](C)C[C@H](C)CCCCC1(CCC[C@H](/C=C/C=C(/CC[C@H]2OC(C)(C)O[C@H]2C[C@@H](CN=[N+]=[N-])OCOC)COC)CC)OCC(C)(C)CO1. The quantitative estimate of drug-likeness (QED) is 0.0136. The largest absolute Gasteiger partial charge is 0.460 e. The second-order valence-electron chi connectivity index (χ2n) is 18.0. The number of hydrogen-bond acceptors (Lipinski definition) is 11. The molecule has 58 heavy (non-hydrogen) atoms. The van der Waals surface area contributed by atoms with Crippen molar-refractivity contribution in [1.29, 1.82) is 0 Å². The van der Waals surface area contributed by atoms with Crippen molar-refractivity contribution in [2.45, 2.75) is 181 Å². The lowest BCUT2D eigenvalue weighted by molar-refractivity contribution is -0.305. The molecule has 0 aromatic carbocycles. The zero-order valence-electron chi connectivity index (χ0n) is 37.9. The van der Waals surface area contributed by atoms with Gasteiger partial charge in [0, 0.05) is 43.8 Å². The van der Waals surface area contributed by atoms with Gasteiger partial charge in [0.15, 0.2) is 11.6 Å². The minimum absolute atomic E-state index is 0.00210. The fourth-order valence-electron chi connectivity index (χ4n) is 7.88. The van der Waals surface area contributed by atoms with Crippen LogP contribution < -0.4 is 0 Å². The highest BCUT2D eigenvalue weighted by Gasteiger charge is 2.42. The van der Waals surface area contributed by atoms with Gasteiger partial charge in [-0.1, -0.05) is 84.1 Å². The number of carbonyl (C=O) groups excluding carboxylic acids is 1. The number of azide groups is 1. The molecule has 2 aliphatic rings. The van der Waals surface area contributed by atoms with Crippen LogP contribution in [0.4, 0.5) is 0 Å². The molecule has 2 aliphatic heterocycles. The monoisotopic (exact) mass is 824 g/mol. The Balaban J connectivity index is 1.93. The molecule has 2 heterocycles. The summed E-state index contributed by atoms with van der Waals surface area (Å²) in [6.45, 7) is 18.7. The predicted molar refractivity (Wildman–Crippen MR) is 227 cm³/mol. The maximum atomic E-state index is 12.6. The molecular formula is C45H81N3O10. The summed E-state index contributed by atoms with van der Waals surface area (Å²) < 4.78 is 47.7. The van der Waals surface area contributed by atoms with Gasteiger partial charge in [-0.2, -0.15) is 0 Å². The van der Waals surface area contributed by atoms with Crippen LogP contribution in [0, 0.1) is 23.2 Å². The van der Waals surface area contributed by atoms with Gasteiger partial charge in [0.1, 0.15) is 12.9 Å². The number of unbranched alkanes of at least 4 members (excludes halogenated alkanes) is 1. The van der Waals surface area contributed by atoms with Crippen LogP contribution >= 0.6 is 0 Å².